The van der Waals surface area contributed by atoms with Crippen LogP contribution in [0, 0.1) is 3.57 Å². The fourth-order valence-electron chi connectivity index (χ4n) is 3.09. The molecule has 1 aliphatic rings. The number of benzene rings is 2. The van der Waals surface area contributed by atoms with Crippen LogP contribution in [0.25, 0.3) is 10.8 Å². The molecule has 1 aliphatic carbocycles. The van der Waals surface area contributed by atoms with Gasteiger partial charge in [0, 0.05) is 9.49 Å². The second-order valence-electron chi connectivity index (χ2n) is 5.14. The van der Waals surface area contributed by atoms with Gasteiger partial charge in [-0.25, -0.2) is 0 Å². The van der Waals surface area contributed by atoms with Crippen molar-refractivity contribution in [2.45, 2.75) is 37.7 Å². The van der Waals surface area contributed by atoms with E-state index in [9.17, 15) is 5.11 Å². The third-order valence-electron chi connectivity index (χ3n) is 4.02. The molecule has 0 amide bonds. The molecule has 1 nitrogen and oxygen atoms in total. The Bertz CT molecular complexity index is 564. The summed E-state index contributed by atoms with van der Waals surface area (Å²) >= 11 is 2.41. The summed E-state index contributed by atoms with van der Waals surface area (Å²) < 4.78 is 1.29. The maximum absolute atomic E-state index is 10.3. The summed E-state index contributed by atoms with van der Waals surface area (Å²) in [6.07, 6.45) is 4.30. The highest BCUT2D eigenvalue weighted by Crippen LogP contribution is 2.39. The fourth-order valence-corrected chi connectivity index (χ4v) is 3.96. The van der Waals surface area contributed by atoms with Gasteiger partial charge in [-0.05, 0) is 57.8 Å². The van der Waals surface area contributed by atoms with Gasteiger partial charge in [-0.2, -0.15) is 0 Å². The molecule has 2 aromatic rings. The molecule has 3 rings (SSSR count). The van der Waals surface area contributed by atoms with E-state index >= 15 is 0 Å². The Labute approximate surface area is 121 Å². The molecule has 0 aliphatic heterocycles. The normalized spacial score (nSPS) is 24.3. The molecule has 0 radical (unpaired) electrons. The molecule has 0 bridgehead atoms. The SMILES string of the molecule is O[C@@H]1CCCC[C@@H]1c1c(I)ccc2ccccc12. The lowest BCUT2D eigenvalue weighted by molar-refractivity contribution is 0.106. The summed E-state index contributed by atoms with van der Waals surface area (Å²) in [6, 6.07) is 12.9. The van der Waals surface area contributed by atoms with Gasteiger partial charge in [-0.15, -0.1) is 0 Å². The Hall–Kier alpha value is -0.610. The summed E-state index contributed by atoms with van der Waals surface area (Å²) in [4.78, 5) is 0. The third-order valence-corrected chi connectivity index (χ3v) is 4.96. The molecule has 0 heterocycles. The number of halogens is 1. The average molecular weight is 352 g/mol. The van der Waals surface area contributed by atoms with Gasteiger partial charge in [-0.1, -0.05) is 43.2 Å². The van der Waals surface area contributed by atoms with Crippen LogP contribution in [0.4, 0.5) is 0 Å². The van der Waals surface area contributed by atoms with Crippen molar-refractivity contribution >= 4 is 33.4 Å². The lowest BCUT2D eigenvalue weighted by atomic mass is 9.80. The highest BCUT2D eigenvalue weighted by Gasteiger charge is 2.27. The van der Waals surface area contributed by atoms with E-state index in [1.165, 1.54) is 32.7 Å². The largest absolute Gasteiger partial charge is 0.392 e. The molecule has 0 spiro atoms. The molecule has 2 heteroatoms. The predicted molar refractivity (Wildman–Crippen MR) is 83.9 cm³/mol. The van der Waals surface area contributed by atoms with E-state index in [-0.39, 0.29) is 6.10 Å². The van der Waals surface area contributed by atoms with Crippen molar-refractivity contribution in [1.82, 2.24) is 0 Å². The van der Waals surface area contributed by atoms with Gasteiger partial charge in [0.15, 0.2) is 0 Å². The van der Waals surface area contributed by atoms with Gasteiger partial charge < -0.3 is 5.11 Å². The van der Waals surface area contributed by atoms with Crippen LogP contribution in [0.2, 0.25) is 0 Å². The van der Waals surface area contributed by atoms with E-state index in [0.717, 1.165) is 12.8 Å². The molecule has 1 N–H and O–H groups in total. The lowest BCUT2D eigenvalue weighted by Crippen LogP contribution is -2.23. The van der Waals surface area contributed by atoms with Crippen molar-refractivity contribution in [3.63, 3.8) is 0 Å². The summed E-state index contributed by atoms with van der Waals surface area (Å²) in [5, 5.41) is 12.9. The first-order valence-corrected chi connectivity index (χ1v) is 7.70. The van der Waals surface area contributed by atoms with Crippen molar-refractivity contribution < 1.29 is 5.11 Å². The molecular formula is C16H17IO. The van der Waals surface area contributed by atoms with Gasteiger partial charge in [0.1, 0.15) is 0 Å². The molecule has 1 fully saturated rings. The maximum Gasteiger partial charge on any atom is 0.0609 e. The molecule has 94 valence electrons. The molecule has 1 saturated carbocycles. The fraction of sp³-hybridized carbons (Fsp3) is 0.375. The maximum atomic E-state index is 10.3. The zero-order valence-corrected chi connectivity index (χ0v) is 12.4. The van der Waals surface area contributed by atoms with E-state index < -0.39 is 0 Å². The third kappa shape index (κ3) is 2.16. The summed E-state index contributed by atoms with van der Waals surface area (Å²) in [5.41, 5.74) is 1.36. The van der Waals surface area contributed by atoms with Crippen molar-refractivity contribution in [3.05, 3.63) is 45.5 Å². The van der Waals surface area contributed by atoms with E-state index in [4.69, 9.17) is 0 Å². The van der Waals surface area contributed by atoms with Crippen LogP contribution in [0.15, 0.2) is 36.4 Å². The second-order valence-corrected chi connectivity index (χ2v) is 6.30. The Kier molecular flexibility index (Phi) is 3.57. The summed E-state index contributed by atoms with van der Waals surface area (Å²) in [7, 11) is 0. The molecule has 2 atom stereocenters. The molecule has 0 saturated heterocycles. The Morgan fingerprint density at radius 2 is 1.78 bits per heavy atom. The standard InChI is InChI=1S/C16H17IO/c17-14-10-9-11-5-1-2-6-12(11)16(14)13-7-3-4-8-15(13)18/h1-2,5-6,9-10,13,15,18H,3-4,7-8H2/t13-,15+/m0/s1. The highest BCUT2D eigenvalue weighted by atomic mass is 127. The topological polar surface area (TPSA) is 20.2 Å². The van der Waals surface area contributed by atoms with E-state index in [0.29, 0.717) is 5.92 Å². The minimum atomic E-state index is -0.168. The van der Waals surface area contributed by atoms with Crippen molar-refractivity contribution in [3.8, 4) is 0 Å². The quantitative estimate of drug-likeness (QED) is 0.752. The van der Waals surface area contributed by atoms with Gasteiger partial charge in [-0.3, -0.25) is 0 Å². The zero-order valence-electron chi connectivity index (χ0n) is 10.3. The van der Waals surface area contributed by atoms with Crippen LogP contribution in [-0.4, -0.2) is 11.2 Å². The number of hydrogen-bond donors (Lipinski definition) is 1. The van der Waals surface area contributed by atoms with Crippen LogP contribution >= 0.6 is 22.6 Å². The number of fused-ring (bicyclic) bond motifs is 1. The first-order valence-electron chi connectivity index (χ1n) is 6.62. The van der Waals surface area contributed by atoms with Crippen LogP contribution in [0.5, 0.6) is 0 Å². The lowest BCUT2D eigenvalue weighted by Gasteiger charge is -2.29. The van der Waals surface area contributed by atoms with Crippen LogP contribution in [0.3, 0.4) is 0 Å². The van der Waals surface area contributed by atoms with Crippen molar-refractivity contribution in [2.24, 2.45) is 0 Å². The van der Waals surface area contributed by atoms with Crippen molar-refractivity contribution in [2.75, 3.05) is 0 Å². The molecular weight excluding hydrogens is 335 g/mol. The Morgan fingerprint density at radius 1 is 1.00 bits per heavy atom. The Morgan fingerprint density at radius 3 is 2.61 bits per heavy atom. The Balaban J connectivity index is 2.17. The summed E-state index contributed by atoms with van der Waals surface area (Å²) in [5.74, 6) is 0.316. The first-order chi connectivity index (χ1) is 8.77. The average Bonchev–Trinajstić information content (AvgIpc) is 2.40. The number of hydrogen-bond acceptors (Lipinski definition) is 1. The van der Waals surface area contributed by atoms with E-state index in [1.54, 1.807) is 0 Å². The molecule has 2 aromatic carbocycles. The summed E-state index contributed by atoms with van der Waals surface area (Å²) in [6.45, 7) is 0. The number of aliphatic hydroxyl groups excluding tert-OH is 1. The molecule has 0 aromatic heterocycles. The van der Waals surface area contributed by atoms with Crippen LogP contribution < -0.4 is 0 Å². The minimum absolute atomic E-state index is 0.168. The van der Waals surface area contributed by atoms with Gasteiger partial charge in [0.25, 0.3) is 0 Å². The number of aliphatic hydroxyl groups is 1. The van der Waals surface area contributed by atoms with Gasteiger partial charge >= 0.3 is 0 Å². The predicted octanol–water partition coefficient (Wildman–Crippen LogP) is 4.46. The zero-order chi connectivity index (χ0) is 12.5. The monoisotopic (exact) mass is 352 g/mol. The number of rotatable bonds is 1. The van der Waals surface area contributed by atoms with Crippen LogP contribution in [-0.2, 0) is 0 Å². The van der Waals surface area contributed by atoms with Gasteiger partial charge in [0.05, 0.1) is 6.10 Å². The van der Waals surface area contributed by atoms with E-state index in [2.05, 4.69) is 59.0 Å². The molecule has 0 unspecified atom stereocenters. The minimum Gasteiger partial charge on any atom is -0.392 e. The highest BCUT2D eigenvalue weighted by molar-refractivity contribution is 14.1. The first kappa shape index (κ1) is 12.4. The van der Waals surface area contributed by atoms with Gasteiger partial charge in [0.2, 0.25) is 0 Å². The smallest absolute Gasteiger partial charge is 0.0609 e. The van der Waals surface area contributed by atoms with Crippen LogP contribution in [0.1, 0.15) is 37.2 Å². The van der Waals surface area contributed by atoms with Crippen molar-refractivity contribution in [1.29, 1.82) is 0 Å². The van der Waals surface area contributed by atoms with E-state index in [1.807, 2.05) is 0 Å². The molecule has 18 heavy (non-hydrogen) atoms. The second kappa shape index (κ2) is 5.17.